The fourth-order valence-corrected chi connectivity index (χ4v) is 2.12. The third-order valence-electron chi connectivity index (χ3n) is 2.66. The quantitative estimate of drug-likeness (QED) is 0.667. The molecule has 3 N–H and O–H groups in total. The highest BCUT2D eigenvalue weighted by Gasteiger charge is 2.12. The Morgan fingerprint density at radius 2 is 1.89 bits per heavy atom. The van der Waals surface area contributed by atoms with Crippen molar-refractivity contribution in [2.24, 2.45) is 5.84 Å². The standard InChI is InChI=1S/C13H14Cl2N4/c1-7(2)11-6-12(19-16)18-13(17-11)9-4-3-8(14)5-10(9)15/h3-7H,16H2,1-2H3,(H,17,18,19). The highest BCUT2D eigenvalue weighted by Crippen LogP contribution is 2.29. The molecule has 0 aliphatic heterocycles. The van der Waals surface area contributed by atoms with Crippen LogP contribution in [0.15, 0.2) is 24.3 Å². The Balaban J connectivity index is 2.57. The Morgan fingerprint density at radius 3 is 2.47 bits per heavy atom. The van der Waals surface area contributed by atoms with Crippen LogP contribution in [0.25, 0.3) is 11.4 Å². The number of hydrazine groups is 1. The largest absolute Gasteiger partial charge is 0.308 e. The average molecular weight is 297 g/mol. The first-order valence-corrected chi connectivity index (χ1v) is 6.58. The fraction of sp³-hybridized carbons (Fsp3) is 0.231. The first kappa shape index (κ1) is 14.1. The number of rotatable bonds is 3. The van der Waals surface area contributed by atoms with Gasteiger partial charge in [-0.3, -0.25) is 0 Å². The van der Waals surface area contributed by atoms with Gasteiger partial charge in [-0.1, -0.05) is 37.0 Å². The Hall–Kier alpha value is -1.36. The van der Waals surface area contributed by atoms with Crippen LogP contribution >= 0.6 is 23.2 Å². The van der Waals surface area contributed by atoms with E-state index in [1.807, 2.05) is 6.07 Å². The maximum Gasteiger partial charge on any atom is 0.163 e. The molecule has 0 radical (unpaired) electrons. The van der Waals surface area contributed by atoms with Crippen LogP contribution in [0.2, 0.25) is 10.0 Å². The van der Waals surface area contributed by atoms with Gasteiger partial charge in [-0.25, -0.2) is 15.8 Å². The maximum absolute atomic E-state index is 6.18. The highest BCUT2D eigenvalue weighted by atomic mass is 35.5. The minimum absolute atomic E-state index is 0.264. The van der Waals surface area contributed by atoms with Crippen LogP contribution < -0.4 is 11.3 Å². The molecule has 2 rings (SSSR count). The summed E-state index contributed by atoms with van der Waals surface area (Å²) in [5, 5.41) is 1.09. The van der Waals surface area contributed by atoms with Crippen LogP contribution in [0.5, 0.6) is 0 Å². The lowest BCUT2D eigenvalue weighted by molar-refractivity contribution is 0.817. The SMILES string of the molecule is CC(C)c1cc(NN)nc(-c2ccc(Cl)cc2Cl)n1. The van der Waals surface area contributed by atoms with Gasteiger partial charge in [0.15, 0.2) is 5.82 Å². The van der Waals surface area contributed by atoms with Crippen molar-refractivity contribution in [3.8, 4) is 11.4 Å². The predicted octanol–water partition coefficient (Wildman–Crippen LogP) is 3.86. The van der Waals surface area contributed by atoms with Crippen LogP contribution in [0.1, 0.15) is 25.5 Å². The lowest BCUT2D eigenvalue weighted by atomic mass is 10.1. The van der Waals surface area contributed by atoms with Crippen LogP contribution in [0, 0.1) is 0 Å². The van der Waals surface area contributed by atoms with Crippen LogP contribution in [0.4, 0.5) is 5.82 Å². The summed E-state index contributed by atoms with van der Waals surface area (Å²) < 4.78 is 0. The molecular weight excluding hydrogens is 283 g/mol. The maximum atomic E-state index is 6.18. The zero-order chi connectivity index (χ0) is 14.0. The minimum atomic E-state index is 0.264. The fourth-order valence-electron chi connectivity index (χ4n) is 1.63. The predicted molar refractivity (Wildman–Crippen MR) is 79.4 cm³/mol. The van der Waals surface area contributed by atoms with E-state index in [9.17, 15) is 0 Å². The highest BCUT2D eigenvalue weighted by molar-refractivity contribution is 6.36. The lowest BCUT2D eigenvalue weighted by Gasteiger charge is -2.11. The van der Waals surface area contributed by atoms with Crippen molar-refractivity contribution in [3.63, 3.8) is 0 Å². The van der Waals surface area contributed by atoms with E-state index >= 15 is 0 Å². The number of halogens is 2. The van der Waals surface area contributed by atoms with Gasteiger partial charge >= 0.3 is 0 Å². The van der Waals surface area contributed by atoms with Gasteiger partial charge < -0.3 is 5.43 Å². The molecule has 4 nitrogen and oxygen atoms in total. The van der Waals surface area contributed by atoms with Crippen molar-refractivity contribution >= 4 is 29.0 Å². The summed E-state index contributed by atoms with van der Waals surface area (Å²) >= 11 is 12.1. The zero-order valence-corrected chi connectivity index (χ0v) is 12.1. The van der Waals surface area contributed by atoms with Crippen molar-refractivity contribution in [1.29, 1.82) is 0 Å². The number of benzene rings is 1. The zero-order valence-electron chi connectivity index (χ0n) is 10.6. The van der Waals surface area contributed by atoms with E-state index in [4.69, 9.17) is 29.0 Å². The first-order chi connectivity index (χ1) is 9.01. The first-order valence-electron chi connectivity index (χ1n) is 5.82. The van der Waals surface area contributed by atoms with E-state index in [1.54, 1.807) is 18.2 Å². The lowest BCUT2D eigenvalue weighted by Crippen LogP contribution is -2.11. The summed E-state index contributed by atoms with van der Waals surface area (Å²) in [5.74, 6) is 6.78. The van der Waals surface area contributed by atoms with E-state index in [-0.39, 0.29) is 5.92 Å². The van der Waals surface area contributed by atoms with Crippen molar-refractivity contribution in [2.75, 3.05) is 5.43 Å². The van der Waals surface area contributed by atoms with Gasteiger partial charge in [-0.05, 0) is 24.1 Å². The molecule has 0 saturated carbocycles. The van der Waals surface area contributed by atoms with Gasteiger partial charge in [0.05, 0.1) is 5.02 Å². The smallest absolute Gasteiger partial charge is 0.163 e. The van der Waals surface area contributed by atoms with E-state index in [0.29, 0.717) is 21.7 Å². The topological polar surface area (TPSA) is 63.8 Å². The van der Waals surface area contributed by atoms with E-state index in [1.165, 1.54) is 0 Å². The molecule has 0 unspecified atom stereocenters. The van der Waals surface area contributed by atoms with Crippen LogP contribution in [-0.2, 0) is 0 Å². The summed E-state index contributed by atoms with van der Waals surface area (Å²) in [5.41, 5.74) is 4.16. The average Bonchev–Trinajstić information content (AvgIpc) is 2.38. The molecule has 6 heteroatoms. The van der Waals surface area contributed by atoms with Crippen molar-refractivity contribution in [3.05, 3.63) is 40.0 Å². The molecule has 0 aliphatic carbocycles. The monoisotopic (exact) mass is 296 g/mol. The molecule has 0 aliphatic rings. The summed E-state index contributed by atoms with van der Waals surface area (Å²) in [6.07, 6.45) is 0. The van der Waals surface area contributed by atoms with Gasteiger partial charge in [0, 0.05) is 22.3 Å². The molecule has 1 aromatic carbocycles. The molecule has 19 heavy (non-hydrogen) atoms. The molecule has 0 amide bonds. The molecule has 0 spiro atoms. The van der Waals surface area contributed by atoms with Gasteiger partial charge in [-0.2, -0.15) is 0 Å². The number of anilines is 1. The van der Waals surface area contributed by atoms with Crippen LogP contribution in [-0.4, -0.2) is 9.97 Å². The molecule has 0 fully saturated rings. The summed E-state index contributed by atoms with van der Waals surface area (Å²) in [4.78, 5) is 8.83. The van der Waals surface area contributed by atoms with E-state index in [2.05, 4.69) is 29.2 Å². The molecular formula is C13H14Cl2N4. The molecule has 1 heterocycles. The Bertz CT molecular complexity index is 599. The number of aromatic nitrogens is 2. The minimum Gasteiger partial charge on any atom is -0.308 e. The second-order valence-corrected chi connectivity index (χ2v) is 5.27. The number of hydrogen-bond donors (Lipinski definition) is 2. The number of hydrogen-bond acceptors (Lipinski definition) is 4. The molecule has 100 valence electrons. The second-order valence-electron chi connectivity index (χ2n) is 4.42. The third-order valence-corrected chi connectivity index (χ3v) is 3.21. The van der Waals surface area contributed by atoms with E-state index in [0.717, 1.165) is 11.3 Å². The normalized spacial score (nSPS) is 10.8. The van der Waals surface area contributed by atoms with Crippen molar-refractivity contribution in [1.82, 2.24) is 9.97 Å². The molecule has 2 aromatic rings. The second kappa shape index (κ2) is 5.74. The van der Waals surface area contributed by atoms with Gasteiger partial charge in [0.1, 0.15) is 5.82 Å². The van der Waals surface area contributed by atoms with Crippen LogP contribution in [0.3, 0.4) is 0 Å². The van der Waals surface area contributed by atoms with Gasteiger partial charge in [0.25, 0.3) is 0 Å². The summed E-state index contributed by atoms with van der Waals surface area (Å²) in [6, 6.07) is 7.03. The molecule has 1 aromatic heterocycles. The van der Waals surface area contributed by atoms with E-state index < -0.39 is 0 Å². The Morgan fingerprint density at radius 1 is 1.16 bits per heavy atom. The number of nitrogens with zero attached hydrogens (tertiary/aromatic N) is 2. The summed E-state index contributed by atoms with van der Waals surface area (Å²) in [7, 11) is 0. The third kappa shape index (κ3) is 3.15. The molecule has 0 bridgehead atoms. The van der Waals surface area contributed by atoms with Gasteiger partial charge in [0.2, 0.25) is 0 Å². The Kier molecular flexibility index (Phi) is 4.24. The molecule has 0 saturated heterocycles. The number of nitrogens with two attached hydrogens (primary N) is 1. The summed E-state index contributed by atoms with van der Waals surface area (Å²) in [6.45, 7) is 4.10. The molecule has 0 atom stereocenters. The number of nitrogens with one attached hydrogen (secondary N) is 1. The van der Waals surface area contributed by atoms with Crippen molar-refractivity contribution < 1.29 is 0 Å². The number of nitrogen functional groups attached to an aromatic ring is 1. The Labute approximate surface area is 121 Å². The van der Waals surface area contributed by atoms with Crippen molar-refractivity contribution in [2.45, 2.75) is 19.8 Å². The van der Waals surface area contributed by atoms with Gasteiger partial charge in [-0.15, -0.1) is 0 Å².